The Kier molecular flexibility index (Phi) is 2.12. The van der Waals surface area contributed by atoms with Gasteiger partial charge >= 0.3 is 0 Å². The molecule has 0 aliphatic heterocycles. The summed E-state index contributed by atoms with van der Waals surface area (Å²) in [5, 5.41) is 8.34. The third-order valence-electron chi connectivity index (χ3n) is 1.41. The summed E-state index contributed by atoms with van der Waals surface area (Å²) in [6, 6.07) is 5.69. The maximum Gasteiger partial charge on any atom is 0.130 e. The van der Waals surface area contributed by atoms with Crippen molar-refractivity contribution in [3.8, 4) is 6.07 Å². The van der Waals surface area contributed by atoms with Crippen molar-refractivity contribution in [1.29, 1.82) is 5.26 Å². The average Bonchev–Trinajstić information content (AvgIpc) is 2.36. The fourth-order valence-electron chi connectivity index (χ4n) is 0.814. The van der Waals surface area contributed by atoms with Gasteiger partial charge in [-0.3, -0.25) is 0 Å². The number of hydrogen-bond donors (Lipinski definition) is 0. The van der Waals surface area contributed by atoms with Crippen LogP contribution >= 0.6 is 0 Å². The van der Waals surface area contributed by atoms with E-state index in [2.05, 4.69) is 0 Å². The molecule has 0 atom stereocenters. The molecule has 2 nitrogen and oxygen atoms in total. The Balaban J connectivity index is 2.95. The fraction of sp³-hybridized carbons (Fsp3) is 0.222. The Hall–Kier alpha value is -1.49. The number of aryl methyl sites for hydroxylation is 1. The van der Waals surface area contributed by atoms with E-state index >= 15 is 0 Å². The van der Waals surface area contributed by atoms with Crippen molar-refractivity contribution in [2.75, 3.05) is 0 Å². The summed E-state index contributed by atoms with van der Waals surface area (Å²) in [6.45, 7) is 3.73. The number of nitriles is 1. The smallest absolute Gasteiger partial charge is 0.130 e. The molecule has 0 bridgehead atoms. The fourth-order valence-corrected chi connectivity index (χ4v) is 0.814. The van der Waals surface area contributed by atoms with Crippen LogP contribution in [0.3, 0.4) is 0 Å². The lowest BCUT2D eigenvalue weighted by molar-refractivity contribution is 0.521. The molecular weight excluding hydrogens is 138 g/mol. The summed E-state index contributed by atoms with van der Waals surface area (Å²) in [4.78, 5) is 0. The van der Waals surface area contributed by atoms with Crippen LogP contribution in [0, 0.1) is 18.3 Å². The first-order chi connectivity index (χ1) is 5.24. The van der Waals surface area contributed by atoms with Gasteiger partial charge in [-0.15, -0.1) is 0 Å². The highest BCUT2D eigenvalue weighted by atomic mass is 16.3. The molecule has 0 saturated heterocycles. The second kappa shape index (κ2) is 3.07. The van der Waals surface area contributed by atoms with E-state index in [-0.39, 0.29) is 0 Å². The maximum atomic E-state index is 8.34. The topological polar surface area (TPSA) is 36.9 Å². The van der Waals surface area contributed by atoms with Gasteiger partial charge in [0.05, 0.1) is 6.07 Å². The first-order valence-electron chi connectivity index (χ1n) is 3.37. The summed E-state index contributed by atoms with van der Waals surface area (Å²) in [6.07, 6.45) is 1.47. The predicted octanol–water partition coefficient (Wildman–Crippen LogP) is 2.51. The van der Waals surface area contributed by atoms with Crippen LogP contribution < -0.4 is 0 Å². The molecule has 0 unspecified atom stereocenters. The molecule has 56 valence electrons. The van der Waals surface area contributed by atoms with Crippen LogP contribution in [0.1, 0.15) is 18.4 Å². The van der Waals surface area contributed by atoms with Gasteiger partial charge in [0.25, 0.3) is 0 Å². The SMILES string of the molecule is C/C(=C\C#N)c1ccc(C)o1. The van der Waals surface area contributed by atoms with E-state index in [1.165, 1.54) is 6.08 Å². The summed E-state index contributed by atoms with van der Waals surface area (Å²) < 4.78 is 5.28. The van der Waals surface area contributed by atoms with Crippen molar-refractivity contribution in [3.05, 3.63) is 29.7 Å². The maximum absolute atomic E-state index is 8.34. The highest BCUT2D eigenvalue weighted by Gasteiger charge is 1.98. The molecule has 11 heavy (non-hydrogen) atoms. The number of allylic oxidation sites excluding steroid dienone is 2. The van der Waals surface area contributed by atoms with E-state index in [1.807, 2.05) is 32.0 Å². The molecule has 0 aliphatic carbocycles. The second-order valence-corrected chi connectivity index (χ2v) is 2.37. The standard InChI is InChI=1S/C9H9NO/c1-7(5-6-10)9-4-3-8(2)11-9/h3-5H,1-2H3/b7-5+. The van der Waals surface area contributed by atoms with Gasteiger partial charge in [-0.2, -0.15) is 5.26 Å². The van der Waals surface area contributed by atoms with Gasteiger partial charge in [-0.05, 0) is 26.0 Å². The minimum Gasteiger partial charge on any atom is -0.462 e. The molecule has 0 aliphatic rings. The second-order valence-electron chi connectivity index (χ2n) is 2.37. The van der Waals surface area contributed by atoms with E-state index in [0.29, 0.717) is 0 Å². The molecule has 1 heterocycles. The minimum atomic E-state index is 0.768. The first-order valence-corrected chi connectivity index (χ1v) is 3.37. The lowest BCUT2D eigenvalue weighted by Gasteiger charge is -1.90. The van der Waals surface area contributed by atoms with Gasteiger partial charge in [0.2, 0.25) is 0 Å². The largest absolute Gasteiger partial charge is 0.462 e. The van der Waals surface area contributed by atoms with Crippen LogP contribution in [-0.4, -0.2) is 0 Å². The zero-order chi connectivity index (χ0) is 8.27. The summed E-state index contributed by atoms with van der Waals surface area (Å²) in [5.74, 6) is 1.63. The lowest BCUT2D eigenvalue weighted by atomic mass is 10.2. The van der Waals surface area contributed by atoms with E-state index < -0.39 is 0 Å². The van der Waals surface area contributed by atoms with Gasteiger partial charge in [-0.25, -0.2) is 0 Å². The zero-order valence-corrected chi connectivity index (χ0v) is 6.59. The number of nitrogens with zero attached hydrogens (tertiary/aromatic N) is 1. The minimum absolute atomic E-state index is 0.768. The molecule has 1 aromatic rings. The number of furan rings is 1. The highest BCUT2D eigenvalue weighted by Crippen LogP contribution is 2.15. The van der Waals surface area contributed by atoms with Gasteiger partial charge in [0.1, 0.15) is 11.5 Å². The molecule has 1 aromatic heterocycles. The predicted molar refractivity (Wildman–Crippen MR) is 42.7 cm³/mol. The van der Waals surface area contributed by atoms with Crippen molar-refractivity contribution in [2.24, 2.45) is 0 Å². The van der Waals surface area contributed by atoms with Crippen molar-refractivity contribution in [3.63, 3.8) is 0 Å². The Morgan fingerprint density at radius 2 is 2.36 bits per heavy atom. The van der Waals surface area contributed by atoms with Crippen molar-refractivity contribution in [2.45, 2.75) is 13.8 Å². The summed E-state index contributed by atoms with van der Waals surface area (Å²) in [7, 11) is 0. The first kappa shape index (κ1) is 7.62. The van der Waals surface area contributed by atoms with Gasteiger partial charge < -0.3 is 4.42 Å². The highest BCUT2D eigenvalue weighted by molar-refractivity contribution is 5.61. The lowest BCUT2D eigenvalue weighted by Crippen LogP contribution is -1.71. The van der Waals surface area contributed by atoms with Crippen molar-refractivity contribution >= 4 is 5.57 Å². The Morgan fingerprint density at radius 1 is 1.64 bits per heavy atom. The number of hydrogen-bond acceptors (Lipinski definition) is 2. The molecule has 0 radical (unpaired) electrons. The summed E-state index contributed by atoms with van der Waals surface area (Å²) >= 11 is 0. The van der Waals surface area contributed by atoms with Gasteiger partial charge in [0, 0.05) is 11.6 Å². The zero-order valence-electron chi connectivity index (χ0n) is 6.59. The molecule has 1 rings (SSSR count). The van der Waals surface area contributed by atoms with Gasteiger partial charge in [0.15, 0.2) is 0 Å². The molecule has 0 spiro atoms. The third-order valence-corrected chi connectivity index (χ3v) is 1.41. The normalized spacial score (nSPS) is 11.2. The summed E-state index contributed by atoms with van der Waals surface area (Å²) in [5.41, 5.74) is 0.862. The Bertz CT molecular complexity index is 315. The number of rotatable bonds is 1. The quantitative estimate of drug-likeness (QED) is 0.572. The molecule has 0 aromatic carbocycles. The van der Waals surface area contributed by atoms with Crippen LogP contribution in [0.15, 0.2) is 22.6 Å². The van der Waals surface area contributed by atoms with Crippen LogP contribution in [0.2, 0.25) is 0 Å². The molecule has 0 N–H and O–H groups in total. The Morgan fingerprint density at radius 3 is 2.82 bits per heavy atom. The van der Waals surface area contributed by atoms with Crippen LogP contribution in [-0.2, 0) is 0 Å². The third kappa shape index (κ3) is 1.71. The average molecular weight is 147 g/mol. The van der Waals surface area contributed by atoms with Crippen molar-refractivity contribution in [1.82, 2.24) is 0 Å². The molecule has 0 amide bonds. The molecular formula is C9H9NO. The molecule has 2 heteroatoms. The van der Waals surface area contributed by atoms with Crippen LogP contribution in [0.5, 0.6) is 0 Å². The Labute approximate surface area is 65.8 Å². The van der Waals surface area contributed by atoms with E-state index in [0.717, 1.165) is 17.1 Å². The van der Waals surface area contributed by atoms with E-state index in [4.69, 9.17) is 9.68 Å². The molecule has 0 saturated carbocycles. The van der Waals surface area contributed by atoms with E-state index in [9.17, 15) is 0 Å². The monoisotopic (exact) mass is 147 g/mol. The molecule has 0 fully saturated rings. The van der Waals surface area contributed by atoms with Gasteiger partial charge in [-0.1, -0.05) is 0 Å². The van der Waals surface area contributed by atoms with Crippen LogP contribution in [0.4, 0.5) is 0 Å². The van der Waals surface area contributed by atoms with Crippen LogP contribution in [0.25, 0.3) is 5.57 Å². The van der Waals surface area contributed by atoms with Crippen molar-refractivity contribution < 1.29 is 4.42 Å². The van der Waals surface area contributed by atoms with E-state index in [1.54, 1.807) is 0 Å².